The van der Waals surface area contributed by atoms with Gasteiger partial charge in [-0.3, -0.25) is 9.59 Å². The van der Waals surface area contributed by atoms with Crippen molar-refractivity contribution in [3.05, 3.63) is 64.7 Å². The van der Waals surface area contributed by atoms with E-state index in [4.69, 9.17) is 16.3 Å². The first kappa shape index (κ1) is 18.9. The molecule has 0 aliphatic carbocycles. The number of benzene rings is 2. The zero-order valence-corrected chi connectivity index (χ0v) is 15.4. The largest absolute Gasteiger partial charge is 0.465 e. The summed E-state index contributed by atoms with van der Waals surface area (Å²) in [5, 5.41) is 0.585. The highest BCUT2D eigenvalue weighted by Gasteiger charge is 2.35. The summed E-state index contributed by atoms with van der Waals surface area (Å²) < 4.78 is 9.96. The van der Waals surface area contributed by atoms with Crippen LogP contribution in [-0.4, -0.2) is 36.4 Å². The Morgan fingerprint density at radius 3 is 2.52 bits per heavy atom. The third-order valence-corrected chi connectivity index (χ3v) is 4.73. The fraction of sp³-hybridized carbons (Fsp3) is 0.250. The van der Waals surface area contributed by atoms with Crippen molar-refractivity contribution >= 4 is 29.4 Å². The van der Waals surface area contributed by atoms with E-state index in [9.17, 15) is 14.4 Å². The second-order valence-electron chi connectivity index (χ2n) is 6.20. The molecule has 1 heterocycles. The SMILES string of the molecule is COC(=O)c1ccc(OC(=O)[C@@H]2CC(=O)N(Cc3ccccc3Cl)C2)cc1. The van der Waals surface area contributed by atoms with Crippen molar-refractivity contribution < 1.29 is 23.9 Å². The lowest BCUT2D eigenvalue weighted by Gasteiger charge is -2.17. The fourth-order valence-electron chi connectivity index (χ4n) is 2.89. The number of carbonyl (C=O) groups is 3. The summed E-state index contributed by atoms with van der Waals surface area (Å²) in [7, 11) is 1.29. The molecule has 0 bridgehead atoms. The normalized spacial score (nSPS) is 16.3. The molecular formula is C20H18ClNO5. The van der Waals surface area contributed by atoms with Crippen molar-refractivity contribution in [3.8, 4) is 5.75 Å². The number of nitrogens with zero attached hydrogens (tertiary/aromatic N) is 1. The number of hydrogen-bond acceptors (Lipinski definition) is 5. The van der Waals surface area contributed by atoms with E-state index in [0.29, 0.717) is 22.9 Å². The van der Waals surface area contributed by atoms with Crippen LogP contribution in [0.15, 0.2) is 48.5 Å². The van der Waals surface area contributed by atoms with Crippen LogP contribution in [0.25, 0.3) is 0 Å². The van der Waals surface area contributed by atoms with E-state index < -0.39 is 17.9 Å². The van der Waals surface area contributed by atoms with Gasteiger partial charge < -0.3 is 14.4 Å². The van der Waals surface area contributed by atoms with Crippen LogP contribution >= 0.6 is 11.6 Å². The van der Waals surface area contributed by atoms with E-state index in [2.05, 4.69) is 4.74 Å². The molecule has 27 heavy (non-hydrogen) atoms. The topological polar surface area (TPSA) is 72.9 Å². The Kier molecular flexibility index (Phi) is 5.76. The van der Waals surface area contributed by atoms with Gasteiger partial charge in [-0.15, -0.1) is 0 Å². The van der Waals surface area contributed by atoms with Gasteiger partial charge in [0, 0.05) is 24.5 Å². The van der Waals surface area contributed by atoms with E-state index in [1.807, 2.05) is 18.2 Å². The molecule has 3 rings (SSSR count). The molecule has 2 aromatic carbocycles. The molecule has 6 nitrogen and oxygen atoms in total. The molecule has 1 saturated heterocycles. The van der Waals surface area contributed by atoms with Gasteiger partial charge >= 0.3 is 11.9 Å². The van der Waals surface area contributed by atoms with Crippen LogP contribution in [0.4, 0.5) is 0 Å². The summed E-state index contributed by atoms with van der Waals surface area (Å²) in [6.45, 7) is 0.638. The average Bonchev–Trinajstić information content (AvgIpc) is 3.04. The number of hydrogen-bond donors (Lipinski definition) is 0. The maximum atomic E-state index is 12.4. The number of halogens is 1. The Morgan fingerprint density at radius 1 is 1.15 bits per heavy atom. The highest BCUT2D eigenvalue weighted by molar-refractivity contribution is 6.31. The van der Waals surface area contributed by atoms with E-state index in [1.54, 1.807) is 11.0 Å². The van der Waals surface area contributed by atoms with E-state index >= 15 is 0 Å². The Bertz CT molecular complexity index is 865. The predicted molar refractivity (Wildman–Crippen MR) is 98.4 cm³/mol. The monoisotopic (exact) mass is 387 g/mol. The van der Waals surface area contributed by atoms with Crippen molar-refractivity contribution in [2.45, 2.75) is 13.0 Å². The van der Waals surface area contributed by atoms with Crippen LogP contribution in [0.1, 0.15) is 22.3 Å². The first-order chi connectivity index (χ1) is 13.0. The van der Waals surface area contributed by atoms with Crippen LogP contribution in [0.3, 0.4) is 0 Å². The molecule has 0 unspecified atom stereocenters. The lowest BCUT2D eigenvalue weighted by atomic mass is 10.1. The Morgan fingerprint density at radius 2 is 1.85 bits per heavy atom. The van der Waals surface area contributed by atoms with Crippen LogP contribution < -0.4 is 4.74 Å². The van der Waals surface area contributed by atoms with Gasteiger partial charge in [-0.2, -0.15) is 0 Å². The maximum Gasteiger partial charge on any atom is 0.337 e. The van der Waals surface area contributed by atoms with Crippen LogP contribution in [0.2, 0.25) is 5.02 Å². The first-order valence-corrected chi connectivity index (χ1v) is 8.77. The molecule has 0 aromatic heterocycles. The van der Waals surface area contributed by atoms with Gasteiger partial charge in [-0.05, 0) is 35.9 Å². The summed E-state index contributed by atoms with van der Waals surface area (Å²) in [6.07, 6.45) is 0.101. The number of methoxy groups -OCH3 is 1. The van der Waals surface area contributed by atoms with Gasteiger partial charge in [-0.1, -0.05) is 29.8 Å². The molecule has 1 atom stereocenters. The van der Waals surface area contributed by atoms with Gasteiger partial charge in [0.25, 0.3) is 0 Å². The number of likely N-dealkylation sites (tertiary alicyclic amines) is 1. The van der Waals surface area contributed by atoms with Gasteiger partial charge in [0.1, 0.15) is 5.75 Å². The fourth-order valence-corrected chi connectivity index (χ4v) is 3.09. The molecule has 0 radical (unpaired) electrons. The van der Waals surface area contributed by atoms with Gasteiger partial charge in [0.05, 0.1) is 18.6 Å². The van der Waals surface area contributed by atoms with E-state index in [0.717, 1.165) is 5.56 Å². The summed E-state index contributed by atoms with van der Waals surface area (Å²) in [4.78, 5) is 37.6. The van der Waals surface area contributed by atoms with Crippen molar-refractivity contribution in [1.82, 2.24) is 4.90 Å². The van der Waals surface area contributed by atoms with E-state index in [-0.39, 0.29) is 18.9 Å². The average molecular weight is 388 g/mol. The Balaban J connectivity index is 1.60. The van der Waals surface area contributed by atoms with Crippen molar-refractivity contribution in [3.63, 3.8) is 0 Å². The van der Waals surface area contributed by atoms with Crippen molar-refractivity contribution in [1.29, 1.82) is 0 Å². The molecule has 0 spiro atoms. The zero-order chi connectivity index (χ0) is 19.4. The molecule has 1 aliphatic rings. The minimum atomic E-state index is -0.541. The van der Waals surface area contributed by atoms with Gasteiger partial charge in [0.15, 0.2) is 0 Å². The number of esters is 2. The highest BCUT2D eigenvalue weighted by Crippen LogP contribution is 2.25. The number of carbonyl (C=O) groups excluding carboxylic acids is 3. The zero-order valence-electron chi connectivity index (χ0n) is 14.7. The van der Waals surface area contributed by atoms with Crippen LogP contribution in [-0.2, 0) is 20.9 Å². The van der Waals surface area contributed by atoms with Crippen molar-refractivity contribution in [2.24, 2.45) is 5.92 Å². The number of amides is 1. The van der Waals surface area contributed by atoms with Gasteiger partial charge in [0.2, 0.25) is 5.91 Å². The molecule has 7 heteroatoms. The lowest BCUT2D eigenvalue weighted by Crippen LogP contribution is -2.27. The first-order valence-electron chi connectivity index (χ1n) is 8.39. The predicted octanol–water partition coefficient (Wildman–Crippen LogP) is 3.08. The minimum absolute atomic E-state index is 0.101. The second-order valence-corrected chi connectivity index (χ2v) is 6.61. The molecule has 0 saturated carbocycles. The summed E-state index contributed by atoms with van der Waals surface area (Å²) in [5.41, 5.74) is 1.19. The molecular weight excluding hydrogens is 370 g/mol. The molecule has 140 valence electrons. The molecule has 1 amide bonds. The summed E-state index contributed by atoms with van der Waals surface area (Å²) in [5.74, 6) is -1.29. The Labute approximate surface area is 161 Å². The second kappa shape index (κ2) is 8.22. The van der Waals surface area contributed by atoms with E-state index in [1.165, 1.54) is 31.4 Å². The minimum Gasteiger partial charge on any atom is -0.465 e. The summed E-state index contributed by atoms with van der Waals surface area (Å²) in [6, 6.07) is 13.3. The number of rotatable bonds is 5. The van der Waals surface area contributed by atoms with Crippen LogP contribution in [0, 0.1) is 5.92 Å². The molecule has 2 aromatic rings. The van der Waals surface area contributed by atoms with Crippen molar-refractivity contribution in [2.75, 3.05) is 13.7 Å². The highest BCUT2D eigenvalue weighted by atomic mass is 35.5. The molecule has 1 aliphatic heterocycles. The molecule has 1 fully saturated rings. The Hall–Kier alpha value is -2.86. The maximum absolute atomic E-state index is 12.4. The third kappa shape index (κ3) is 4.46. The standard InChI is InChI=1S/C20H18ClNO5/c1-26-19(24)13-6-8-16(9-7-13)27-20(25)15-10-18(23)22(12-15)11-14-4-2-3-5-17(14)21/h2-9,15H,10-12H2,1H3/t15-/m1/s1. The van der Waals surface area contributed by atoms with Gasteiger partial charge in [-0.25, -0.2) is 4.79 Å². The molecule has 0 N–H and O–H groups in total. The third-order valence-electron chi connectivity index (χ3n) is 4.36. The van der Waals surface area contributed by atoms with Crippen LogP contribution in [0.5, 0.6) is 5.75 Å². The quantitative estimate of drug-likeness (QED) is 0.582. The smallest absolute Gasteiger partial charge is 0.337 e. The summed E-state index contributed by atoms with van der Waals surface area (Å²) >= 11 is 6.14. The lowest BCUT2D eigenvalue weighted by molar-refractivity contribution is -0.139. The number of ether oxygens (including phenoxy) is 2.